The third kappa shape index (κ3) is 3.83. The summed E-state index contributed by atoms with van der Waals surface area (Å²) in [6.45, 7) is 4.55. The van der Waals surface area contributed by atoms with Crippen LogP contribution in [0.1, 0.15) is 27.9 Å². The highest BCUT2D eigenvalue weighted by molar-refractivity contribution is 6.00. The molecule has 0 atom stereocenters. The molecular formula is C21H23N3O2. The van der Waals surface area contributed by atoms with E-state index in [1.807, 2.05) is 56.3 Å². The number of amides is 1. The number of carbonyl (C=O) groups is 1. The summed E-state index contributed by atoms with van der Waals surface area (Å²) in [7, 11) is 0. The number of aliphatic hydroxyl groups excluding tert-OH is 1. The first-order valence-corrected chi connectivity index (χ1v) is 8.72. The highest BCUT2D eigenvalue weighted by Gasteiger charge is 2.19. The summed E-state index contributed by atoms with van der Waals surface area (Å²) < 4.78 is 1.73. The van der Waals surface area contributed by atoms with Crippen LogP contribution in [0.4, 0.5) is 0 Å². The second-order valence-corrected chi connectivity index (χ2v) is 6.32. The smallest absolute Gasteiger partial charge is 0.255 e. The van der Waals surface area contributed by atoms with E-state index < -0.39 is 0 Å². The van der Waals surface area contributed by atoms with E-state index in [0.717, 1.165) is 16.8 Å². The zero-order valence-electron chi connectivity index (χ0n) is 15.1. The molecule has 0 spiro atoms. The molecule has 0 unspecified atom stereocenters. The van der Waals surface area contributed by atoms with E-state index in [9.17, 15) is 4.79 Å². The topological polar surface area (TPSA) is 67.2 Å². The Balaban J connectivity index is 2.05. The Hall–Kier alpha value is -2.92. The lowest BCUT2D eigenvalue weighted by Crippen LogP contribution is -2.25. The number of nitrogens with one attached hydrogen (secondary N) is 1. The minimum absolute atomic E-state index is 0.0491. The van der Waals surface area contributed by atoms with Crippen LogP contribution in [0.5, 0.6) is 0 Å². The van der Waals surface area contributed by atoms with E-state index in [0.29, 0.717) is 24.2 Å². The molecule has 0 bridgehead atoms. The first-order chi connectivity index (χ1) is 12.6. The Bertz CT molecular complexity index is 901. The van der Waals surface area contributed by atoms with Gasteiger partial charge in [0, 0.05) is 24.9 Å². The summed E-state index contributed by atoms with van der Waals surface area (Å²) in [6, 6.07) is 15.8. The summed E-state index contributed by atoms with van der Waals surface area (Å²) in [5.74, 6) is -0.185. The van der Waals surface area contributed by atoms with Crippen LogP contribution < -0.4 is 5.32 Å². The van der Waals surface area contributed by atoms with Crippen LogP contribution in [0, 0.1) is 13.8 Å². The van der Waals surface area contributed by atoms with Crippen molar-refractivity contribution in [3.63, 3.8) is 0 Å². The van der Waals surface area contributed by atoms with Gasteiger partial charge in [-0.1, -0.05) is 42.0 Å². The molecule has 0 saturated heterocycles. The predicted octanol–water partition coefficient (Wildman–Crippen LogP) is 3.27. The summed E-state index contributed by atoms with van der Waals surface area (Å²) in [5, 5.41) is 16.5. The number of hydrogen-bond acceptors (Lipinski definition) is 3. The van der Waals surface area contributed by atoms with Gasteiger partial charge in [-0.15, -0.1) is 0 Å². The van der Waals surface area contributed by atoms with Crippen molar-refractivity contribution in [2.75, 3.05) is 13.2 Å². The van der Waals surface area contributed by atoms with Gasteiger partial charge in [0.15, 0.2) is 0 Å². The van der Waals surface area contributed by atoms with Gasteiger partial charge < -0.3 is 10.4 Å². The van der Waals surface area contributed by atoms with E-state index in [-0.39, 0.29) is 12.5 Å². The molecule has 5 nitrogen and oxygen atoms in total. The number of para-hydroxylation sites is 1. The highest BCUT2D eigenvalue weighted by atomic mass is 16.3. The van der Waals surface area contributed by atoms with E-state index in [4.69, 9.17) is 10.2 Å². The van der Waals surface area contributed by atoms with Crippen molar-refractivity contribution in [3.05, 3.63) is 71.4 Å². The molecule has 1 aromatic heterocycles. The molecule has 1 amide bonds. The lowest BCUT2D eigenvalue weighted by atomic mass is 10.0. The van der Waals surface area contributed by atoms with Crippen molar-refractivity contribution in [1.82, 2.24) is 15.1 Å². The number of aryl methyl sites for hydroxylation is 2. The number of rotatable bonds is 6. The molecule has 134 valence electrons. The molecule has 0 aliphatic heterocycles. The van der Waals surface area contributed by atoms with Gasteiger partial charge in [0.25, 0.3) is 5.91 Å². The van der Waals surface area contributed by atoms with Gasteiger partial charge in [-0.2, -0.15) is 5.10 Å². The first kappa shape index (κ1) is 17.9. The molecule has 26 heavy (non-hydrogen) atoms. The molecule has 2 N–H and O–H groups in total. The molecule has 5 heteroatoms. The molecule has 3 rings (SSSR count). The maximum Gasteiger partial charge on any atom is 0.255 e. The first-order valence-electron chi connectivity index (χ1n) is 8.72. The maximum atomic E-state index is 12.7. The highest BCUT2D eigenvalue weighted by Crippen LogP contribution is 2.27. The molecule has 0 radical (unpaired) electrons. The van der Waals surface area contributed by atoms with Crippen LogP contribution >= 0.6 is 0 Å². The number of carbonyl (C=O) groups excluding carboxylic acids is 1. The minimum atomic E-state index is -0.185. The zero-order chi connectivity index (χ0) is 18.5. The lowest BCUT2D eigenvalue weighted by Gasteiger charge is -2.07. The largest absolute Gasteiger partial charge is 0.396 e. The molecule has 0 fully saturated rings. The molecule has 0 aliphatic carbocycles. The average molecular weight is 349 g/mol. The van der Waals surface area contributed by atoms with Crippen LogP contribution in [0.15, 0.2) is 54.7 Å². The number of nitrogens with zero attached hydrogens (tertiary/aromatic N) is 2. The molecule has 0 aliphatic rings. The monoisotopic (exact) mass is 349 g/mol. The van der Waals surface area contributed by atoms with E-state index in [1.165, 1.54) is 5.56 Å². The quantitative estimate of drug-likeness (QED) is 0.671. The van der Waals surface area contributed by atoms with E-state index in [2.05, 4.69) is 11.4 Å². The standard InChI is InChI=1S/C21H23N3O2/c1-15-9-10-18(16(2)13-15)20-19(21(26)22-11-6-12-25)14-24(23-20)17-7-4-3-5-8-17/h3-5,7-10,13-14,25H,6,11-12H2,1-2H3,(H,22,26). The minimum Gasteiger partial charge on any atom is -0.396 e. The molecule has 2 aromatic carbocycles. The second-order valence-electron chi connectivity index (χ2n) is 6.32. The van der Waals surface area contributed by atoms with Crippen molar-refractivity contribution in [1.29, 1.82) is 0 Å². The third-order valence-corrected chi connectivity index (χ3v) is 4.24. The lowest BCUT2D eigenvalue weighted by molar-refractivity contribution is 0.0952. The van der Waals surface area contributed by atoms with Crippen LogP contribution in [-0.4, -0.2) is 33.9 Å². The fourth-order valence-corrected chi connectivity index (χ4v) is 2.91. The van der Waals surface area contributed by atoms with Crippen LogP contribution in [-0.2, 0) is 0 Å². The van der Waals surface area contributed by atoms with Gasteiger partial charge >= 0.3 is 0 Å². The van der Waals surface area contributed by atoms with Crippen LogP contribution in [0.3, 0.4) is 0 Å². The van der Waals surface area contributed by atoms with Gasteiger partial charge in [-0.3, -0.25) is 4.79 Å². The van der Waals surface area contributed by atoms with Crippen LogP contribution in [0.2, 0.25) is 0 Å². The SMILES string of the molecule is Cc1ccc(-c2nn(-c3ccccc3)cc2C(=O)NCCCO)c(C)c1. The number of aliphatic hydroxyl groups is 1. The normalized spacial score (nSPS) is 10.7. The van der Waals surface area contributed by atoms with Crippen LogP contribution in [0.25, 0.3) is 16.9 Å². The average Bonchev–Trinajstić information content (AvgIpc) is 3.08. The van der Waals surface area contributed by atoms with Gasteiger partial charge in [0.2, 0.25) is 0 Å². The third-order valence-electron chi connectivity index (χ3n) is 4.24. The van der Waals surface area contributed by atoms with Crippen molar-refractivity contribution in [2.24, 2.45) is 0 Å². The molecule has 3 aromatic rings. The van der Waals surface area contributed by atoms with Crippen molar-refractivity contribution in [3.8, 4) is 16.9 Å². The van der Waals surface area contributed by atoms with Crippen molar-refractivity contribution in [2.45, 2.75) is 20.3 Å². The maximum absolute atomic E-state index is 12.7. The summed E-state index contributed by atoms with van der Waals surface area (Å²) in [6.07, 6.45) is 2.29. The molecule has 0 saturated carbocycles. The molecule has 1 heterocycles. The second kappa shape index (κ2) is 7.97. The Morgan fingerprint density at radius 2 is 1.92 bits per heavy atom. The Kier molecular flexibility index (Phi) is 5.49. The number of benzene rings is 2. The Morgan fingerprint density at radius 1 is 1.15 bits per heavy atom. The van der Waals surface area contributed by atoms with Gasteiger partial charge in [0.05, 0.1) is 11.3 Å². The predicted molar refractivity (Wildman–Crippen MR) is 103 cm³/mol. The molecular weight excluding hydrogens is 326 g/mol. The summed E-state index contributed by atoms with van der Waals surface area (Å²) >= 11 is 0. The van der Waals surface area contributed by atoms with E-state index >= 15 is 0 Å². The Morgan fingerprint density at radius 3 is 2.62 bits per heavy atom. The number of hydrogen-bond donors (Lipinski definition) is 2. The van der Waals surface area contributed by atoms with Gasteiger partial charge in [-0.25, -0.2) is 4.68 Å². The Labute approximate surface area is 153 Å². The fraction of sp³-hybridized carbons (Fsp3) is 0.238. The van der Waals surface area contributed by atoms with Crippen molar-refractivity contribution < 1.29 is 9.90 Å². The summed E-state index contributed by atoms with van der Waals surface area (Å²) in [5.41, 5.74) is 5.27. The van der Waals surface area contributed by atoms with Crippen molar-refractivity contribution >= 4 is 5.91 Å². The van der Waals surface area contributed by atoms with Gasteiger partial charge in [0.1, 0.15) is 5.69 Å². The fourth-order valence-electron chi connectivity index (χ4n) is 2.91. The number of aromatic nitrogens is 2. The zero-order valence-corrected chi connectivity index (χ0v) is 15.1. The summed E-state index contributed by atoms with van der Waals surface area (Å²) in [4.78, 5) is 12.7. The van der Waals surface area contributed by atoms with Gasteiger partial charge in [-0.05, 0) is 38.0 Å². The van der Waals surface area contributed by atoms with E-state index in [1.54, 1.807) is 10.9 Å².